The molecule has 0 saturated heterocycles. The molecule has 0 unspecified atom stereocenters. The van der Waals surface area contributed by atoms with Crippen LogP contribution in [0.25, 0.3) is 75.7 Å². The number of hydrogen-bond donors (Lipinski definition) is 0. The lowest BCUT2D eigenvalue weighted by atomic mass is 9.97. The average molecular weight is 686 g/mol. The standard InChI is InChI=1S/C48H35N3S/c1-4-17-33-28-29-42-41(30-33)43-38-24-14-15-25-39(38)47-44(40-27-16-26-37(46(40)52-47)35-20-10-6-11-21-35)45(43)51(42)32(3)50-48(36-22-12-7-13-23-36)49-31(2)34-18-8-5-9-19-34/h4-30H,2H2,1,3H3/b17-4+,49-48?,50-32?. The first-order valence-electron chi connectivity index (χ1n) is 17.6. The second kappa shape index (κ2) is 13.1. The van der Waals surface area contributed by atoms with Gasteiger partial charge in [0, 0.05) is 41.9 Å². The first-order chi connectivity index (χ1) is 25.6. The maximum atomic E-state index is 5.39. The van der Waals surface area contributed by atoms with Crippen LogP contribution in [-0.2, 0) is 0 Å². The van der Waals surface area contributed by atoms with Gasteiger partial charge in [0.15, 0.2) is 5.84 Å². The molecule has 0 amide bonds. The highest BCUT2D eigenvalue weighted by Gasteiger charge is 2.23. The molecule has 2 aromatic heterocycles. The molecular formula is C48H35N3S. The highest BCUT2D eigenvalue weighted by Crippen LogP contribution is 2.49. The molecule has 4 heteroatoms. The van der Waals surface area contributed by atoms with Crippen molar-refractivity contribution in [1.82, 2.24) is 4.57 Å². The first-order valence-corrected chi connectivity index (χ1v) is 18.4. The molecule has 0 aliphatic carbocycles. The normalized spacial score (nSPS) is 12.7. The SMILES string of the molecule is C=C(N=C(N=C(C)n1c2ccc(/C=C/C)cc2c2c3ccccc3c3sc4c(-c5ccccc5)cccc4c3c21)c1ccccc1)c1ccccc1. The number of aliphatic imine (C=N–C) groups is 2. The number of allylic oxidation sites excluding steroid dienone is 1. The van der Waals surface area contributed by atoms with Gasteiger partial charge in [-0.1, -0.05) is 158 Å². The van der Waals surface area contributed by atoms with Gasteiger partial charge in [-0.2, -0.15) is 0 Å². The Balaban J connectivity index is 1.42. The summed E-state index contributed by atoms with van der Waals surface area (Å²) >= 11 is 1.89. The number of benzene rings is 7. The van der Waals surface area contributed by atoms with E-state index in [0.29, 0.717) is 11.5 Å². The Kier molecular flexibility index (Phi) is 7.95. The minimum absolute atomic E-state index is 0.617. The van der Waals surface area contributed by atoms with E-state index < -0.39 is 0 Å². The summed E-state index contributed by atoms with van der Waals surface area (Å²) < 4.78 is 4.93. The van der Waals surface area contributed by atoms with Crippen LogP contribution in [0.5, 0.6) is 0 Å². The Morgan fingerprint density at radius 2 is 1.27 bits per heavy atom. The molecular weight excluding hydrogens is 651 g/mol. The second-order valence-corrected chi connectivity index (χ2v) is 14.0. The number of nitrogens with zero attached hydrogens (tertiary/aromatic N) is 3. The summed E-state index contributed by atoms with van der Waals surface area (Å²) in [6, 6.07) is 53.4. The summed E-state index contributed by atoms with van der Waals surface area (Å²) in [5.74, 6) is 1.45. The van der Waals surface area contributed by atoms with Crippen molar-refractivity contribution in [3.63, 3.8) is 0 Å². The van der Waals surface area contributed by atoms with Gasteiger partial charge < -0.3 is 0 Å². The first kappa shape index (κ1) is 31.6. The summed E-state index contributed by atoms with van der Waals surface area (Å²) in [4.78, 5) is 10.5. The van der Waals surface area contributed by atoms with Crippen molar-refractivity contribution < 1.29 is 0 Å². The highest BCUT2D eigenvalue weighted by atomic mass is 32.1. The van der Waals surface area contributed by atoms with Crippen LogP contribution in [0.15, 0.2) is 174 Å². The molecule has 0 atom stereocenters. The number of thiophene rings is 1. The molecule has 52 heavy (non-hydrogen) atoms. The van der Waals surface area contributed by atoms with Crippen molar-refractivity contribution in [2.75, 3.05) is 0 Å². The quantitative estimate of drug-likeness (QED) is 0.127. The minimum atomic E-state index is 0.617. The Morgan fingerprint density at radius 3 is 2.00 bits per heavy atom. The molecule has 0 N–H and O–H groups in total. The summed E-state index contributed by atoms with van der Waals surface area (Å²) in [5, 5.41) is 7.43. The van der Waals surface area contributed by atoms with E-state index in [-0.39, 0.29) is 0 Å². The van der Waals surface area contributed by atoms with Crippen molar-refractivity contribution in [1.29, 1.82) is 0 Å². The summed E-state index contributed by atoms with van der Waals surface area (Å²) in [6.07, 6.45) is 4.27. The molecule has 0 aliphatic rings. The van der Waals surface area contributed by atoms with Gasteiger partial charge >= 0.3 is 0 Å². The highest BCUT2D eigenvalue weighted by molar-refractivity contribution is 7.27. The Hall–Kier alpha value is -6.36. The number of aromatic nitrogens is 1. The largest absolute Gasteiger partial charge is 0.297 e. The smallest absolute Gasteiger partial charge is 0.161 e. The van der Waals surface area contributed by atoms with E-state index in [1.54, 1.807) is 0 Å². The molecule has 0 bridgehead atoms. The molecule has 9 aromatic rings. The van der Waals surface area contributed by atoms with Gasteiger partial charge in [0.1, 0.15) is 5.84 Å². The van der Waals surface area contributed by atoms with Crippen LogP contribution in [-0.4, -0.2) is 16.2 Å². The summed E-state index contributed by atoms with van der Waals surface area (Å²) in [7, 11) is 0. The Bertz CT molecular complexity index is 2910. The molecule has 0 aliphatic heterocycles. The zero-order valence-electron chi connectivity index (χ0n) is 29.0. The molecule has 0 saturated carbocycles. The number of fused-ring (bicyclic) bond motifs is 10. The molecule has 0 fully saturated rings. The van der Waals surface area contributed by atoms with Crippen molar-refractivity contribution >= 4 is 87.5 Å². The Labute approximate surface area is 306 Å². The maximum Gasteiger partial charge on any atom is 0.161 e. The molecule has 0 radical (unpaired) electrons. The maximum absolute atomic E-state index is 5.39. The fourth-order valence-corrected chi connectivity index (χ4v) is 8.88. The van der Waals surface area contributed by atoms with E-state index in [9.17, 15) is 0 Å². The van der Waals surface area contributed by atoms with Gasteiger partial charge in [-0.3, -0.25) is 4.57 Å². The van der Waals surface area contributed by atoms with Crippen LogP contribution in [0.1, 0.15) is 30.5 Å². The van der Waals surface area contributed by atoms with Crippen molar-refractivity contribution in [2.24, 2.45) is 9.98 Å². The third-order valence-electron chi connectivity index (χ3n) is 9.80. The number of rotatable bonds is 5. The number of hydrogen-bond acceptors (Lipinski definition) is 2. The van der Waals surface area contributed by atoms with Gasteiger partial charge in [0.25, 0.3) is 0 Å². The van der Waals surface area contributed by atoms with Gasteiger partial charge in [0.05, 0.1) is 16.7 Å². The fourth-order valence-electron chi connectivity index (χ4n) is 7.51. The van der Waals surface area contributed by atoms with Gasteiger partial charge in [-0.15, -0.1) is 11.3 Å². The molecule has 248 valence electrons. The van der Waals surface area contributed by atoms with E-state index >= 15 is 0 Å². The second-order valence-electron chi connectivity index (χ2n) is 13.0. The predicted octanol–water partition coefficient (Wildman–Crippen LogP) is 13.4. The predicted molar refractivity (Wildman–Crippen MR) is 227 cm³/mol. The fraction of sp³-hybridized carbons (Fsp3) is 0.0417. The van der Waals surface area contributed by atoms with Crippen LogP contribution in [0.3, 0.4) is 0 Å². The monoisotopic (exact) mass is 685 g/mol. The minimum Gasteiger partial charge on any atom is -0.297 e. The van der Waals surface area contributed by atoms with Crippen LogP contribution < -0.4 is 0 Å². The lowest BCUT2D eigenvalue weighted by Crippen LogP contribution is -2.11. The zero-order chi connectivity index (χ0) is 35.2. The third-order valence-corrected chi connectivity index (χ3v) is 11.1. The van der Waals surface area contributed by atoms with Crippen molar-refractivity contribution in [2.45, 2.75) is 13.8 Å². The van der Waals surface area contributed by atoms with E-state index in [1.807, 2.05) is 59.9 Å². The van der Waals surface area contributed by atoms with Gasteiger partial charge in [-0.05, 0) is 53.6 Å². The zero-order valence-corrected chi connectivity index (χ0v) is 29.9. The molecule has 9 rings (SSSR count). The Morgan fingerprint density at radius 1 is 0.615 bits per heavy atom. The van der Waals surface area contributed by atoms with Gasteiger partial charge in [0.2, 0.25) is 0 Å². The molecule has 3 nitrogen and oxygen atoms in total. The van der Waals surface area contributed by atoms with Gasteiger partial charge in [-0.25, -0.2) is 9.98 Å². The summed E-state index contributed by atoms with van der Waals surface area (Å²) in [6.45, 7) is 8.53. The van der Waals surface area contributed by atoms with Crippen LogP contribution in [0, 0.1) is 0 Å². The van der Waals surface area contributed by atoms with Crippen molar-refractivity contribution in [3.8, 4) is 11.1 Å². The van der Waals surface area contributed by atoms with E-state index in [2.05, 4.69) is 140 Å². The summed E-state index contributed by atoms with van der Waals surface area (Å²) in [5.41, 5.74) is 8.46. The van der Waals surface area contributed by atoms with Crippen LogP contribution in [0.2, 0.25) is 0 Å². The van der Waals surface area contributed by atoms with Crippen LogP contribution >= 0.6 is 11.3 Å². The lowest BCUT2D eigenvalue weighted by molar-refractivity contribution is 1.25. The number of amidine groups is 1. The molecule has 7 aromatic carbocycles. The van der Waals surface area contributed by atoms with Crippen LogP contribution in [0.4, 0.5) is 0 Å². The molecule has 0 spiro atoms. The van der Waals surface area contributed by atoms with E-state index in [1.165, 1.54) is 58.4 Å². The molecule has 2 heterocycles. The topological polar surface area (TPSA) is 29.6 Å². The van der Waals surface area contributed by atoms with Crippen molar-refractivity contribution in [3.05, 3.63) is 181 Å². The third kappa shape index (κ3) is 5.28. The lowest BCUT2D eigenvalue weighted by Gasteiger charge is -2.12. The average Bonchev–Trinajstić information content (AvgIpc) is 3.75. The van der Waals surface area contributed by atoms with E-state index in [0.717, 1.165) is 28.0 Å². The van der Waals surface area contributed by atoms with E-state index in [4.69, 9.17) is 9.98 Å².